The molecule has 1 aromatic heterocycles. The highest BCUT2D eigenvalue weighted by molar-refractivity contribution is 5.79. The number of fused-ring (bicyclic) bond motifs is 1. The first kappa shape index (κ1) is 18.5. The van der Waals surface area contributed by atoms with Gasteiger partial charge in [-0.25, -0.2) is 13.6 Å². The summed E-state index contributed by atoms with van der Waals surface area (Å²) in [5.74, 6) is -2.31. The number of nitrogens with one attached hydrogen (secondary N) is 2. The van der Waals surface area contributed by atoms with Gasteiger partial charge >= 0.3 is 5.69 Å². The third-order valence-corrected chi connectivity index (χ3v) is 4.29. The standard InChI is InChI=1S/C19H17F2N3O3/c1-11(12-6-7-14(20)15(21)10-12)22-17(25)8-9-24-16-5-3-2-4-13(16)18(26)23-19(24)27/h2-7,10-11H,8-9H2,1H3,(H,22,25)(H,23,26,27)/t11-/m1/s1. The van der Waals surface area contributed by atoms with E-state index in [-0.39, 0.29) is 18.9 Å². The van der Waals surface area contributed by atoms with Crippen LogP contribution < -0.4 is 16.6 Å². The summed E-state index contributed by atoms with van der Waals surface area (Å²) in [6, 6.07) is 9.49. The lowest BCUT2D eigenvalue weighted by Crippen LogP contribution is -2.33. The molecular formula is C19H17F2N3O3. The fourth-order valence-corrected chi connectivity index (χ4v) is 2.86. The van der Waals surface area contributed by atoms with Gasteiger partial charge in [-0.05, 0) is 36.8 Å². The number of hydrogen-bond acceptors (Lipinski definition) is 3. The van der Waals surface area contributed by atoms with Crippen molar-refractivity contribution in [3.63, 3.8) is 0 Å². The Balaban J connectivity index is 1.73. The molecule has 0 aliphatic carbocycles. The second kappa shape index (κ2) is 7.53. The first-order chi connectivity index (χ1) is 12.9. The highest BCUT2D eigenvalue weighted by Gasteiger charge is 2.13. The van der Waals surface area contributed by atoms with Gasteiger partial charge < -0.3 is 5.32 Å². The van der Waals surface area contributed by atoms with Crippen LogP contribution in [0.3, 0.4) is 0 Å². The van der Waals surface area contributed by atoms with E-state index in [4.69, 9.17) is 0 Å². The van der Waals surface area contributed by atoms with Gasteiger partial charge in [-0.15, -0.1) is 0 Å². The Labute approximate surface area is 152 Å². The van der Waals surface area contributed by atoms with E-state index in [1.165, 1.54) is 10.6 Å². The maximum atomic E-state index is 13.3. The maximum Gasteiger partial charge on any atom is 0.328 e. The summed E-state index contributed by atoms with van der Waals surface area (Å²) in [6.45, 7) is 1.71. The Morgan fingerprint density at radius 1 is 1.15 bits per heavy atom. The molecule has 1 atom stereocenters. The van der Waals surface area contributed by atoms with Gasteiger partial charge in [0.1, 0.15) is 0 Å². The number of amides is 1. The fourth-order valence-electron chi connectivity index (χ4n) is 2.86. The van der Waals surface area contributed by atoms with Gasteiger partial charge in [0.2, 0.25) is 5.91 Å². The molecule has 0 fully saturated rings. The summed E-state index contributed by atoms with van der Waals surface area (Å²) in [6.07, 6.45) is -0.0238. The minimum absolute atomic E-state index is 0.0238. The van der Waals surface area contributed by atoms with Crippen LogP contribution in [0, 0.1) is 11.6 Å². The Morgan fingerprint density at radius 2 is 1.89 bits per heavy atom. The van der Waals surface area contributed by atoms with Crippen molar-refractivity contribution in [1.29, 1.82) is 0 Å². The summed E-state index contributed by atoms with van der Waals surface area (Å²) in [5.41, 5.74) is -0.218. The van der Waals surface area contributed by atoms with Gasteiger partial charge in [-0.2, -0.15) is 0 Å². The normalized spacial score (nSPS) is 12.1. The molecule has 140 valence electrons. The van der Waals surface area contributed by atoms with Crippen molar-refractivity contribution in [2.75, 3.05) is 0 Å². The molecular weight excluding hydrogens is 356 g/mol. The van der Waals surface area contributed by atoms with Gasteiger partial charge in [0.15, 0.2) is 11.6 Å². The van der Waals surface area contributed by atoms with Gasteiger partial charge in [0, 0.05) is 13.0 Å². The van der Waals surface area contributed by atoms with Gasteiger partial charge in [0.25, 0.3) is 5.56 Å². The van der Waals surface area contributed by atoms with Crippen molar-refractivity contribution < 1.29 is 13.6 Å². The molecule has 0 radical (unpaired) electrons. The molecule has 1 amide bonds. The van der Waals surface area contributed by atoms with Gasteiger partial charge in [0.05, 0.1) is 16.9 Å². The smallest absolute Gasteiger partial charge is 0.328 e. The van der Waals surface area contributed by atoms with E-state index in [9.17, 15) is 23.2 Å². The van der Waals surface area contributed by atoms with Crippen LogP contribution in [0.2, 0.25) is 0 Å². The first-order valence-electron chi connectivity index (χ1n) is 8.33. The van der Waals surface area contributed by atoms with E-state index in [1.807, 2.05) is 0 Å². The van der Waals surface area contributed by atoms with Crippen LogP contribution in [0.1, 0.15) is 24.9 Å². The van der Waals surface area contributed by atoms with Crippen LogP contribution in [-0.4, -0.2) is 15.5 Å². The van der Waals surface area contributed by atoms with Crippen molar-refractivity contribution in [2.45, 2.75) is 25.9 Å². The Bertz CT molecular complexity index is 1120. The maximum absolute atomic E-state index is 13.3. The Kier molecular flexibility index (Phi) is 5.16. The molecule has 2 N–H and O–H groups in total. The number of carbonyl (C=O) groups is 1. The van der Waals surface area contributed by atoms with Crippen molar-refractivity contribution >= 4 is 16.8 Å². The molecule has 6 nitrogen and oxygen atoms in total. The van der Waals surface area contributed by atoms with Crippen molar-refractivity contribution in [2.24, 2.45) is 0 Å². The minimum Gasteiger partial charge on any atom is -0.350 e. The summed E-state index contributed by atoms with van der Waals surface area (Å²) < 4.78 is 27.6. The number of para-hydroxylation sites is 1. The van der Waals surface area contributed by atoms with Crippen molar-refractivity contribution in [1.82, 2.24) is 14.9 Å². The zero-order valence-electron chi connectivity index (χ0n) is 14.5. The number of H-pyrrole nitrogens is 1. The molecule has 0 unspecified atom stereocenters. The molecule has 1 heterocycles. The molecule has 3 aromatic rings. The number of halogens is 2. The lowest BCUT2D eigenvalue weighted by atomic mass is 10.1. The van der Waals surface area contributed by atoms with E-state index in [2.05, 4.69) is 10.3 Å². The number of aromatic amines is 1. The number of aryl methyl sites for hydroxylation is 1. The summed E-state index contributed by atoms with van der Waals surface area (Å²) in [7, 11) is 0. The molecule has 0 aliphatic rings. The monoisotopic (exact) mass is 373 g/mol. The van der Waals surface area contributed by atoms with Crippen LogP contribution >= 0.6 is 0 Å². The SMILES string of the molecule is C[C@@H](NC(=O)CCn1c(=O)[nH]c(=O)c2ccccc21)c1ccc(F)c(F)c1. The molecule has 2 aromatic carbocycles. The summed E-state index contributed by atoms with van der Waals surface area (Å²) in [4.78, 5) is 38.3. The molecule has 8 heteroatoms. The number of hydrogen-bond donors (Lipinski definition) is 2. The fraction of sp³-hybridized carbons (Fsp3) is 0.211. The number of carbonyl (C=O) groups excluding carboxylic acids is 1. The number of aromatic nitrogens is 2. The number of nitrogens with zero attached hydrogens (tertiary/aromatic N) is 1. The summed E-state index contributed by atoms with van der Waals surface area (Å²) >= 11 is 0. The van der Waals surface area contributed by atoms with E-state index in [0.717, 1.165) is 12.1 Å². The molecule has 0 aliphatic heterocycles. The van der Waals surface area contributed by atoms with E-state index < -0.39 is 28.9 Å². The predicted molar refractivity (Wildman–Crippen MR) is 96.4 cm³/mol. The third-order valence-electron chi connectivity index (χ3n) is 4.29. The largest absolute Gasteiger partial charge is 0.350 e. The second-order valence-corrected chi connectivity index (χ2v) is 6.14. The topological polar surface area (TPSA) is 84.0 Å². The van der Waals surface area contributed by atoms with Crippen LogP contribution in [0.5, 0.6) is 0 Å². The first-order valence-corrected chi connectivity index (χ1v) is 8.33. The molecule has 0 saturated heterocycles. The molecule has 27 heavy (non-hydrogen) atoms. The van der Waals surface area contributed by atoms with Crippen LogP contribution in [-0.2, 0) is 11.3 Å². The molecule has 0 saturated carbocycles. The zero-order valence-corrected chi connectivity index (χ0v) is 14.5. The van der Waals surface area contributed by atoms with Crippen LogP contribution in [0.25, 0.3) is 10.9 Å². The van der Waals surface area contributed by atoms with Gasteiger partial charge in [-0.3, -0.25) is 19.1 Å². The molecule has 0 bridgehead atoms. The average Bonchev–Trinajstić information content (AvgIpc) is 2.63. The van der Waals surface area contributed by atoms with Crippen LogP contribution in [0.4, 0.5) is 8.78 Å². The highest BCUT2D eigenvalue weighted by Crippen LogP contribution is 2.16. The highest BCUT2D eigenvalue weighted by atomic mass is 19.2. The lowest BCUT2D eigenvalue weighted by molar-refractivity contribution is -0.121. The number of rotatable bonds is 5. The second-order valence-electron chi connectivity index (χ2n) is 6.14. The summed E-state index contributed by atoms with van der Waals surface area (Å²) in [5, 5.41) is 3.03. The third kappa shape index (κ3) is 3.94. The van der Waals surface area contributed by atoms with Crippen molar-refractivity contribution in [3.05, 3.63) is 80.5 Å². The molecule has 3 rings (SSSR count). The van der Waals surface area contributed by atoms with E-state index >= 15 is 0 Å². The minimum atomic E-state index is -0.986. The zero-order chi connectivity index (χ0) is 19.6. The van der Waals surface area contributed by atoms with E-state index in [0.29, 0.717) is 16.5 Å². The van der Waals surface area contributed by atoms with E-state index in [1.54, 1.807) is 31.2 Å². The Hall–Kier alpha value is -3.29. The molecule has 0 spiro atoms. The predicted octanol–water partition coefficient (Wildman–Crippen LogP) is 2.24. The van der Waals surface area contributed by atoms with Gasteiger partial charge in [-0.1, -0.05) is 18.2 Å². The quantitative estimate of drug-likeness (QED) is 0.719. The average molecular weight is 373 g/mol. The Morgan fingerprint density at radius 3 is 2.63 bits per heavy atom. The lowest BCUT2D eigenvalue weighted by Gasteiger charge is -2.15. The number of benzene rings is 2. The van der Waals surface area contributed by atoms with Crippen LogP contribution in [0.15, 0.2) is 52.1 Å². The van der Waals surface area contributed by atoms with Crippen molar-refractivity contribution in [3.8, 4) is 0 Å².